The smallest absolute Gasteiger partial charge is 0.0945 e. The standard InChI is InChI=1S/C8H14N2.C2H4.BrH/c1-8(2)3-5-10-6-4-9-7-10;1-2;/h4,6-8H,3,5H2,1-2H3;1-2H2;1H. The first-order valence-electron chi connectivity index (χ1n) is 4.25. The predicted molar refractivity (Wildman–Crippen MR) is 63.3 cm³/mol. The molecule has 3 heteroatoms. The largest absolute Gasteiger partial charge is 0.337 e. The lowest BCUT2D eigenvalue weighted by atomic mass is 10.1. The van der Waals surface area contributed by atoms with Gasteiger partial charge in [-0.25, -0.2) is 4.98 Å². The maximum atomic E-state index is 3.96. The van der Waals surface area contributed by atoms with E-state index in [1.807, 2.05) is 18.7 Å². The molecule has 0 N–H and O–H groups in total. The van der Waals surface area contributed by atoms with Crippen molar-refractivity contribution in [1.82, 2.24) is 9.55 Å². The van der Waals surface area contributed by atoms with Crippen molar-refractivity contribution in [1.29, 1.82) is 0 Å². The molecule has 0 saturated carbocycles. The summed E-state index contributed by atoms with van der Waals surface area (Å²) in [7, 11) is 0. The van der Waals surface area contributed by atoms with Crippen LogP contribution in [0.25, 0.3) is 0 Å². The van der Waals surface area contributed by atoms with Gasteiger partial charge < -0.3 is 4.57 Å². The van der Waals surface area contributed by atoms with Crippen molar-refractivity contribution < 1.29 is 0 Å². The first kappa shape index (κ1) is 14.9. The van der Waals surface area contributed by atoms with Gasteiger partial charge in [-0.3, -0.25) is 0 Å². The molecule has 1 rings (SSSR count). The fourth-order valence-electron chi connectivity index (χ4n) is 0.826. The molecule has 0 unspecified atom stereocenters. The first-order chi connectivity index (χ1) is 5.79. The second kappa shape index (κ2) is 9.52. The Morgan fingerprint density at radius 1 is 1.38 bits per heavy atom. The SMILES string of the molecule is Br.C=C.CC(C)CCn1ccnc1. The summed E-state index contributed by atoms with van der Waals surface area (Å²) in [6, 6.07) is 0. The number of hydrogen-bond donors (Lipinski definition) is 0. The molecule has 0 spiro atoms. The highest BCUT2D eigenvalue weighted by Crippen LogP contribution is 2.01. The Labute approximate surface area is 91.5 Å². The van der Waals surface area contributed by atoms with Crippen LogP contribution in [0, 0.1) is 5.92 Å². The maximum absolute atomic E-state index is 3.96. The van der Waals surface area contributed by atoms with E-state index < -0.39 is 0 Å². The average molecular weight is 247 g/mol. The Hall–Kier alpha value is -0.570. The van der Waals surface area contributed by atoms with Crippen LogP contribution >= 0.6 is 17.0 Å². The molecule has 1 aromatic heterocycles. The molecule has 0 aliphatic rings. The predicted octanol–water partition coefficient (Wildman–Crippen LogP) is 3.31. The van der Waals surface area contributed by atoms with Crippen molar-refractivity contribution in [3.8, 4) is 0 Å². The number of halogens is 1. The molecule has 0 atom stereocenters. The van der Waals surface area contributed by atoms with Crippen LogP contribution in [-0.2, 0) is 6.54 Å². The average Bonchev–Trinajstić information content (AvgIpc) is 2.56. The zero-order valence-electron chi connectivity index (χ0n) is 8.44. The van der Waals surface area contributed by atoms with Crippen LogP contribution in [-0.4, -0.2) is 9.55 Å². The van der Waals surface area contributed by atoms with Crippen LogP contribution < -0.4 is 0 Å². The van der Waals surface area contributed by atoms with Crippen molar-refractivity contribution >= 4 is 17.0 Å². The Morgan fingerprint density at radius 3 is 2.38 bits per heavy atom. The Bertz CT molecular complexity index is 183. The first-order valence-corrected chi connectivity index (χ1v) is 4.25. The number of aryl methyl sites for hydroxylation is 1. The molecule has 0 bridgehead atoms. The van der Waals surface area contributed by atoms with Gasteiger partial charge in [0.25, 0.3) is 0 Å². The molecule has 0 radical (unpaired) electrons. The topological polar surface area (TPSA) is 17.8 Å². The number of aromatic nitrogens is 2. The Morgan fingerprint density at radius 2 is 2.00 bits per heavy atom. The molecule has 13 heavy (non-hydrogen) atoms. The van der Waals surface area contributed by atoms with E-state index in [1.54, 1.807) is 0 Å². The van der Waals surface area contributed by atoms with Crippen molar-refractivity contribution in [2.75, 3.05) is 0 Å². The molecule has 0 aromatic carbocycles. The normalized spacial score (nSPS) is 8.54. The summed E-state index contributed by atoms with van der Waals surface area (Å²) in [6.07, 6.45) is 6.92. The summed E-state index contributed by atoms with van der Waals surface area (Å²) in [5.74, 6) is 0.780. The summed E-state index contributed by atoms with van der Waals surface area (Å²) in [5, 5.41) is 0. The summed E-state index contributed by atoms with van der Waals surface area (Å²) < 4.78 is 2.11. The van der Waals surface area contributed by atoms with Gasteiger partial charge in [0.05, 0.1) is 6.33 Å². The van der Waals surface area contributed by atoms with Crippen LogP contribution in [0.4, 0.5) is 0 Å². The van der Waals surface area contributed by atoms with Crippen molar-refractivity contribution in [2.45, 2.75) is 26.8 Å². The fraction of sp³-hybridized carbons (Fsp3) is 0.500. The maximum Gasteiger partial charge on any atom is 0.0945 e. The lowest BCUT2D eigenvalue weighted by molar-refractivity contribution is 0.516. The van der Waals surface area contributed by atoms with Gasteiger partial charge in [-0.15, -0.1) is 30.1 Å². The molecular formula is C10H19BrN2. The van der Waals surface area contributed by atoms with Gasteiger partial charge in [0.2, 0.25) is 0 Å². The van der Waals surface area contributed by atoms with Crippen LogP contribution in [0.3, 0.4) is 0 Å². The van der Waals surface area contributed by atoms with E-state index in [9.17, 15) is 0 Å². The highest BCUT2D eigenvalue weighted by molar-refractivity contribution is 8.93. The summed E-state index contributed by atoms with van der Waals surface area (Å²) in [4.78, 5) is 3.96. The minimum absolute atomic E-state index is 0. The van der Waals surface area contributed by atoms with Crippen molar-refractivity contribution in [3.05, 3.63) is 31.9 Å². The highest BCUT2D eigenvalue weighted by atomic mass is 79.9. The third kappa shape index (κ3) is 7.78. The van der Waals surface area contributed by atoms with Gasteiger partial charge in [-0.05, 0) is 12.3 Å². The zero-order valence-corrected chi connectivity index (χ0v) is 10.2. The second-order valence-electron chi connectivity index (χ2n) is 2.98. The molecule has 2 nitrogen and oxygen atoms in total. The fourth-order valence-corrected chi connectivity index (χ4v) is 0.826. The molecule has 1 aromatic rings. The van der Waals surface area contributed by atoms with Gasteiger partial charge in [0.15, 0.2) is 0 Å². The van der Waals surface area contributed by atoms with E-state index in [4.69, 9.17) is 0 Å². The van der Waals surface area contributed by atoms with E-state index in [0.717, 1.165) is 12.5 Å². The summed E-state index contributed by atoms with van der Waals surface area (Å²) in [6.45, 7) is 11.6. The highest BCUT2D eigenvalue weighted by Gasteiger charge is 1.93. The molecule has 0 aliphatic heterocycles. The van der Waals surface area contributed by atoms with Crippen molar-refractivity contribution in [2.24, 2.45) is 5.92 Å². The Balaban J connectivity index is 0. The molecule has 0 saturated heterocycles. The van der Waals surface area contributed by atoms with Crippen LogP contribution in [0.1, 0.15) is 20.3 Å². The monoisotopic (exact) mass is 246 g/mol. The van der Waals surface area contributed by atoms with Gasteiger partial charge in [-0.2, -0.15) is 0 Å². The van der Waals surface area contributed by atoms with E-state index in [1.165, 1.54) is 6.42 Å². The number of nitrogens with zero attached hydrogens (tertiary/aromatic N) is 2. The third-order valence-corrected chi connectivity index (χ3v) is 1.52. The van der Waals surface area contributed by atoms with Gasteiger partial charge in [0, 0.05) is 18.9 Å². The van der Waals surface area contributed by atoms with Crippen LogP contribution in [0.15, 0.2) is 31.9 Å². The van der Waals surface area contributed by atoms with Gasteiger partial charge in [-0.1, -0.05) is 13.8 Å². The quantitative estimate of drug-likeness (QED) is 0.749. The Kier molecular flexibility index (Phi) is 10.9. The molecular weight excluding hydrogens is 228 g/mol. The zero-order chi connectivity index (χ0) is 9.40. The van der Waals surface area contributed by atoms with E-state index in [-0.39, 0.29) is 17.0 Å². The second-order valence-corrected chi connectivity index (χ2v) is 2.98. The van der Waals surface area contributed by atoms with Crippen molar-refractivity contribution in [3.63, 3.8) is 0 Å². The third-order valence-electron chi connectivity index (χ3n) is 1.52. The molecule has 0 fully saturated rings. The summed E-state index contributed by atoms with van der Waals surface area (Å²) in [5.41, 5.74) is 0. The molecule has 0 aliphatic carbocycles. The summed E-state index contributed by atoms with van der Waals surface area (Å²) >= 11 is 0. The number of rotatable bonds is 3. The van der Waals surface area contributed by atoms with Crippen LogP contribution in [0.5, 0.6) is 0 Å². The molecule has 1 heterocycles. The number of imidazole rings is 1. The van der Waals surface area contributed by atoms with E-state index in [0.29, 0.717) is 0 Å². The van der Waals surface area contributed by atoms with Gasteiger partial charge >= 0.3 is 0 Å². The van der Waals surface area contributed by atoms with Gasteiger partial charge in [0.1, 0.15) is 0 Å². The minimum atomic E-state index is 0. The minimum Gasteiger partial charge on any atom is -0.337 e. The number of hydrogen-bond acceptors (Lipinski definition) is 1. The van der Waals surface area contributed by atoms with E-state index >= 15 is 0 Å². The molecule has 0 amide bonds. The molecule has 76 valence electrons. The van der Waals surface area contributed by atoms with Crippen LogP contribution in [0.2, 0.25) is 0 Å². The lowest BCUT2D eigenvalue weighted by Gasteiger charge is -2.03. The van der Waals surface area contributed by atoms with E-state index in [2.05, 4.69) is 36.6 Å². The lowest BCUT2D eigenvalue weighted by Crippen LogP contribution is -1.98.